The number of aliphatic hydroxyl groups excluding tert-OH is 1. The first-order valence-corrected chi connectivity index (χ1v) is 12.8. The molecule has 37 heavy (non-hydrogen) atoms. The zero-order chi connectivity index (χ0) is 27.3. The molecule has 1 fully saturated rings. The van der Waals surface area contributed by atoms with Crippen LogP contribution in [0.1, 0.15) is 66.6 Å². The highest BCUT2D eigenvalue weighted by Crippen LogP contribution is 2.41. The number of benzene rings is 1. The molecule has 3 rings (SSSR count). The van der Waals surface area contributed by atoms with Crippen molar-refractivity contribution >= 4 is 23.4 Å². The number of ketones is 1. The van der Waals surface area contributed by atoms with Crippen LogP contribution in [-0.4, -0.2) is 76.9 Å². The van der Waals surface area contributed by atoms with E-state index in [9.17, 15) is 19.5 Å². The van der Waals surface area contributed by atoms with Gasteiger partial charge >= 0.3 is 5.97 Å². The first-order valence-electron chi connectivity index (χ1n) is 12.8. The number of rotatable bonds is 11. The van der Waals surface area contributed by atoms with E-state index >= 15 is 0 Å². The van der Waals surface area contributed by atoms with Gasteiger partial charge in [-0.3, -0.25) is 9.59 Å². The van der Waals surface area contributed by atoms with Crippen molar-refractivity contribution in [3.63, 3.8) is 0 Å². The lowest BCUT2D eigenvalue weighted by atomic mass is 9.94. The van der Waals surface area contributed by atoms with Crippen molar-refractivity contribution in [1.29, 1.82) is 0 Å². The van der Waals surface area contributed by atoms with E-state index < -0.39 is 23.7 Å². The van der Waals surface area contributed by atoms with Gasteiger partial charge in [0.2, 0.25) is 0 Å². The third kappa shape index (κ3) is 5.56. The van der Waals surface area contributed by atoms with Crippen LogP contribution in [0.3, 0.4) is 0 Å². The van der Waals surface area contributed by atoms with Crippen molar-refractivity contribution in [2.45, 2.75) is 47.6 Å². The predicted octanol–water partition coefficient (Wildman–Crippen LogP) is 3.97. The maximum atomic E-state index is 13.4. The smallest absolute Gasteiger partial charge is 0.355 e. The van der Waals surface area contributed by atoms with Gasteiger partial charge in [0, 0.05) is 24.3 Å². The van der Waals surface area contributed by atoms with Gasteiger partial charge in [-0.05, 0) is 64.0 Å². The van der Waals surface area contributed by atoms with Crippen LogP contribution in [-0.2, 0) is 14.3 Å². The second-order valence-corrected chi connectivity index (χ2v) is 8.87. The molecular formula is C28H37N3O6. The quantitative estimate of drug-likeness (QED) is 0.203. The van der Waals surface area contributed by atoms with Gasteiger partial charge in [0.15, 0.2) is 0 Å². The highest BCUT2D eigenvalue weighted by molar-refractivity contribution is 6.46. The number of Topliss-reactive ketones (excluding diaryl/α,β-unsaturated/α-hetero) is 1. The highest BCUT2D eigenvalue weighted by atomic mass is 16.5. The second-order valence-electron chi connectivity index (χ2n) is 8.87. The summed E-state index contributed by atoms with van der Waals surface area (Å²) in [6.07, 6.45) is 0. The number of carbonyl (C=O) groups excluding carboxylic acids is 3. The molecule has 2 heterocycles. The number of nitrogens with one attached hydrogen (secondary N) is 1. The van der Waals surface area contributed by atoms with Crippen LogP contribution in [0.2, 0.25) is 0 Å². The largest absolute Gasteiger partial charge is 0.507 e. The van der Waals surface area contributed by atoms with Gasteiger partial charge in [0.05, 0.1) is 24.8 Å². The van der Waals surface area contributed by atoms with Crippen molar-refractivity contribution in [3.8, 4) is 5.75 Å². The van der Waals surface area contributed by atoms with E-state index in [-0.39, 0.29) is 23.6 Å². The molecule has 0 spiro atoms. The number of likely N-dealkylation sites (N-methyl/N-ethyl adjacent to an activating group) is 1. The zero-order valence-electron chi connectivity index (χ0n) is 22.5. The van der Waals surface area contributed by atoms with Crippen LogP contribution in [0, 0.1) is 13.8 Å². The Morgan fingerprint density at radius 1 is 1.05 bits per heavy atom. The van der Waals surface area contributed by atoms with E-state index in [0.717, 1.165) is 13.1 Å². The van der Waals surface area contributed by atoms with Gasteiger partial charge in [-0.15, -0.1) is 0 Å². The summed E-state index contributed by atoms with van der Waals surface area (Å²) in [5.74, 6) is -1.62. The van der Waals surface area contributed by atoms with Crippen molar-refractivity contribution in [2.75, 3.05) is 39.4 Å². The molecule has 200 valence electrons. The van der Waals surface area contributed by atoms with Crippen LogP contribution in [0.15, 0.2) is 29.8 Å². The molecule has 1 aromatic heterocycles. The number of nitrogens with zero attached hydrogens (tertiary/aromatic N) is 2. The van der Waals surface area contributed by atoms with Crippen LogP contribution >= 0.6 is 0 Å². The third-order valence-corrected chi connectivity index (χ3v) is 6.75. The van der Waals surface area contributed by atoms with E-state index in [1.54, 1.807) is 45.0 Å². The van der Waals surface area contributed by atoms with E-state index in [1.807, 2.05) is 20.8 Å². The van der Waals surface area contributed by atoms with Crippen LogP contribution < -0.4 is 4.74 Å². The Bertz CT molecular complexity index is 1180. The van der Waals surface area contributed by atoms with Gasteiger partial charge in [0.1, 0.15) is 17.2 Å². The Labute approximate surface area is 218 Å². The summed E-state index contributed by atoms with van der Waals surface area (Å²) in [6.45, 7) is 14.3. The number of aromatic amines is 1. The average Bonchev–Trinajstić information content (AvgIpc) is 3.32. The highest BCUT2D eigenvalue weighted by Gasteiger charge is 2.46. The first kappa shape index (κ1) is 28.0. The molecule has 1 atom stereocenters. The fraction of sp³-hybridized carbons (Fsp3) is 0.464. The molecule has 1 aromatic carbocycles. The van der Waals surface area contributed by atoms with Gasteiger partial charge in [-0.1, -0.05) is 26.0 Å². The van der Waals surface area contributed by atoms with Crippen molar-refractivity contribution in [1.82, 2.24) is 14.8 Å². The fourth-order valence-corrected chi connectivity index (χ4v) is 4.81. The normalized spacial score (nSPS) is 17.1. The number of aliphatic hydroxyl groups is 1. The van der Waals surface area contributed by atoms with Gasteiger partial charge in [-0.25, -0.2) is 4.79 Å². The summed E-state index contributed by atoms with van der Waals surface area (Å²) in [6, 6.07) is 6.40. The summed E-state index contributed by atoms with van der Waals surface area (Å²) in [5.41, 5.74) is 2.15. The first-order chi connectivity index (χ1) is 17.7. The molecule has 1 unspecified atom stereocenters. The number of carbonyl (C=O) groups is 3. The Kier molecular flexibility index (Phi) is 9.15. The number of hydrogen-bond acceptors (Lipinski definition) is 7. The number of aromatic nitrogens is 1. The standard InChI is InChI=1S/C28H37N3O6/c1-7-30(8-2)15-16-31-24(19-11-13-20(14-12-19)36-9-3)22(26(33)27(31)34)25(32)21-17(5)23(29-18(21)6)28(35)37-10-4/h11-14,24,29,32H,7-10,15-16H2,1-6H3/b25-22+. The lowest BCUT2D eigenvalue weighted by Gasteiger charge is -2.28. The molecule has 1 aliphatic heterocycles. The van der Waals surface area contributed by atoms with Crippen LogP contribution in [0.5, 0.6) is 5.75 Å². The minimum atomic E-state index is -0.786. The number of amides is 1. The molecule has 2 aromatic rings. The zero-order valence-corrected chi connectivity index (χ0v) is 22.5. The average molecular weight is 512 g/mol. The van der Waals surface area contributed by atoms with E-state index in [2.05, 4.69) is 9.88 Å². The van der Waals surface area contributed by atoms with E-state index in [1.165, 1.54) is 4.90 Å². The molecular weight excluding hydrogens is 474 g/mol. The number of likely N-dealkylation sites (tertiary alicyclic amines) is 1. The van der Waals surface area contributed by atoms with Gasteiger partial charge < -0.3 is 29.4 Å². The Morgan fingerprint density at radius 2 is 1.70 bits per heavy atom. The molecule has 0 bridgehead atoms. The van der Waals surface area contributed by atoms with Crippen molar-refractivity contribution in [2.24, 2.45) is 0 Å². The van der Waals surface area contributed by atoms with E-state index in [0.29, 0.717) is 47.8 Å². The number of H-pyrrole nitrogens is 1. The number of ether oxygens (including phenoxy) is 2. The number of esters is 1. The van der Waals surface area contributed by atoms with Crippen molar-refractivity contribution < 1.29 is 29.0 Å². The molecule has 1 aliphatic rings. The summed E-state index contributed by atoms with van der Waals surface area (Å²) < 4.78 is 10.7. The summed E-state index contributed by atoms with van der Waals surface area (Å²) >= 11 is 0. The Balaban J connectivity index is 2.15. The minimum Gasteiger partial charge on any atom is -0.507 e. The summed E-state index contributed by atoms with van der Waals surface area (Å²) in [7, 11) is 0. The SMILES string of the molecule is CCOC(=O)c1[nH]c(C)c(/C(O)=C2\C(=O)C(=O)N(CCN(CC)CC)C2c2ccc(OCC)cc2)c1C. The fourth-order valence-electron chi connectivity index (χ4n) is 4.81. The maximum absolute atomic E-state index is 13.4. The molecule has 2 N–H and O–H groups in total. The Morgan fingerprint density at radius 3 is 2.27 bits per heavy atom. The molecule has 9 nitrogen and oxygen atoms in total. The minimum absolute atomic E-state index is 0.00526. The lowest BCUT2D eigenvalue weighted by Crippen LogP contribution is -2.38. The maximum Gasteiger partial charge on any atom is 0.355 e. The summed E-state index contributed by atoms with van der Waals surface area (Å²) in [4.78, 5) is 45.7. The van der Waals surface area contributed by atoms with Crippen LogP contribution in [0.25, 0.3) is 5.76 Å². The second kappa shape index (κ2) is 12.1. The molecule has 0 saturated carbocycles. The molecule has 1 amide bonds. The number of aryl methyl sites for hydroxylation is 1. The molecule has 0 radical (unpaired) electrons. The topological polar surface area (TPSA) is 112 Å². The predicted molar refractivity (Wildman–Crippen MR) is 141 cm³/mol. The lowest BCUT2D eigenvalue weighted by molar-refractivity contribution is -0.140. The van der Waals surface area contributed by atoms with Crippen LogP contribution in [0.4, 0.5) is 0 Å². The Hall–Kier alpha value is -3.59. The van der Waals surface area contributed by atoms with Gasteiger partial charge in [0.25, 0.3) is 11.7 Å². The summed E-state index contributed by atoms with van der Waals surface area (Å²) in [5, 5.41) is 11.5. The third-order valence-electron chi connectivity index (χ3n) is 6.75. The number of hydrogen-bond donors (Lipinski definition) is 2. The monoisotopic (exact) mass is 511 g/mol. The molecule has 0 aliphatic carbocycles. The van der Waals surface area contributed by atoms with Gasteiger partial charge in [-0.2, -0.15) is 0 Å². The molecule has 9 heteroatoms. The van der Waals surface area contributed by atoms with Crippen molar-refractivity contribution in [3.05, 3.63) is 57.9 Å². The molecule has 1 saturated heterocycles. The van der Waals surface area contributed by atoms with E-state index in [4.69, 9.17) is 9.47 Å².